The summed E-state index contributed by atoms with van der Waals surface area (Å²) in [7, 11) is 0. The zero-order chi connectivity index (χ0) is 6.85. The molecule has 0 aliphatic rings. The molecule has 0 aliphatic heterocycles. The molecule has 0 atom stereocenters. The van der Waals surface area contributed by atoms with Crippen LogP contribution in [-0.4, -0.2) is 0 Å². The van der Waals surface area contributed by atoms with E-state index in [9.17, 15) is 4.39 Å². The quantitative estimate of drug-likeness (QED) is 0.525. The SMILES string of the molecule is Cc1cc(F)ccc1Cl. The molecule has 0 fully saturated rings. The van der Waals surface area contributed by atoms with Crippen molar-refractivity contribution in [1.29, 1.82) is 0 Å². The van der Waals surface area contributed by atoms with Gasteiger partial charge in [-0.15, -0.1) is 0 Å². The molecular formula is C7H6ClF. The molecule has 0 saturated heterocycles. The Balaban J connectivity index is 3.17. The Kier molecular flexibility index (Phi) is 1.72. The molecule has 0 saturated carbocycles. The molecule has 0 bridgehead atoms. The van der Waals surface area contributed by atoms with Crippen LogP contribution in [0.5, 0.6) is 0 Å². The van der Waals surface area contributed by atoms with Gasteiger partial charge in [0.2, 0.25) is 0 Å². The van der Waals surface area contributed by atoms with Crippen molar-refractivity contribution in [3.05, 3.63) is 34.6 Å². The van der Waals surface area contributed by atoms with Crippen molar-refractivity contribution in [1.82, 2.24) is 0 Å². The van der Waals surface area contributed by atoms with Gasteiger partial charge in [-0.1, -0.05) is 11.6 Å². The highest BCUT2D eigenvalue weighted by Crippen LogP contribution is 2.14. The third-order valence-electron chi connectivity index (χ3n) is 1.12. The molecule has 1 aromatic carbocycles. The highest BCUT2D eigenvalue weighted by atomic mass is 35.5. The Hall–Kier alpha value is -0.560. The van der Waals surface area contributed by atoms with Gasteiger partial charge < -0.3 is 0 Å². The van der Waals surface area contributed by atoms with E-state index in [1.165, 1.54) is 12.1 Å². The van der Waals surface area contributed by atoms with Gasteiger partial charge in [0.05, 0.1) is 0 Å². The molecule has 9 heavy (non-hydrogen) atoms. The average molecular weight is 145 g/mol. The molecule has 0 radical (unpaired) electrons. The number of aryl methyl sites for hydroxylation is 1. The lowest BCUT2D eigenvalue weighted by atomic mass is 10.2. The zero-order valence-corrected chi connectivity index (χ0v) is 5.74. The second kappa shape index (κ2) is 2.36. The molecule has 0 spiro atoms. The highest BCUT2D eigenvalue weighted by molar-refractivity contribution is 6.31. The van der Waals surface area contributed by atoms with Crippen LogP contribution in [-0.2, 0) is 0 Å². The lowest BCUT2D eigenvalue weighted by Gasteiger charge is -1.93. The topological polar surface area (TPSA) is 0 Å². The smallest absolute Gasteiger partial charge is 0.123 e. The standard InChI is InChI=1S/C7H6ClF/c1-5-4-6(9)2-3-7(5)8/h2-4H,1H3. The Morgan fingerprint density at radius 3 is 2.56 bits per heavy atom. The second-order valence-corrected chi connectivity index (χ2v) is 2.30. The molecule has 1 aromatic rings. The van der Waals surface area contributed by atoms with Gasteiger partial charge in [0.15, 0.2) is 0 Å². The molecule has 0 unspecified atom stereocenters. The van der Waals surface area contributed by atoms with Crippen molar-refractivity contribution >= 4 is 11.6 Å². The van der Waals surface area contributed by atoms with Gasteiger partial charge in [0, 0.05) is 5.02 Å². The first-order chi connectivity index (χ1) is 4.20. The molecule has 0 amide bonds. The van der Waals surface area contributed by atoms with Crippen molar-refractivity contribution in [2.45, 2.75) is 6.92 Å². The van der Waals surface area contributed by atoms with E-state index in [0.29, 0.717) is 5.02 Å². The highest BCUT2D eigenvalue weighted by Gasteiger charge is 1.93. The van der Waals surface area contributed by atoms with Crippen molar-refractivity contribution < 1.29 is 4.39 Å². The van der Waals surface area contributed by atoms with Crippen LogP contribution >= 0.6 is 11.6 Å². The Bertz CT molecular complexity index is 220. The largest absolute Gasteiger partial charge is 0.207 e. The molecule has 0 N–H and O–H groups in total. The van der Waals surface area contributed by atoms with Crippen molar-refractivity contribution in [2.75, 3.05) is 0 Å². The fourth-order valence-electron chi connectivity index (χ4n) is 0.608. The molecule has 0 aromatic heterocycles. The van der Waals surface area contributed by atoms with E-state index < -0.39 is 0 Å². The maximum Gasteiger partial charge on any atom is 0.123 e. The van der Waals surface area contributed by atoms with Crippen LogP contribution in [0.1, 0.15) is 5.56 Å². The van der Waals surface area contributed by atoms with Gasteiger partial charge in [0.25, 0.3) is 0 Å². The monoisotopic (exact) mass is 144 g/mol. The molecule has 0 aliphatic carbocycles. The summed E-state index contributed by atoms with van der Waals surface area (Å²) in [4.78, 5) is 0. The van der Waals surface area contributed by atoms with Crippen LogP contribution in [0, 0.1) is 12.7 Å². The van der Waals surface area contributed by atoms with Gasteiger partial charge in [-0.3, -0.25) is 0 Å². The van der Waals surface area contributed by atoms with E-state index in [2.05, 4.69) is 0 Å². The van der Waals surface area contributed by atoms with E-state index in [-0.39, 0.29) is 5.82 Å². The summed E-state index contributed by atoms with van der Waals surface area (Å²) in [5.41, 5.74) is 0.775. The fourth-order valence-corrected chi connectivity index (χ4v) is 0.726. The third-order valence-corrected chi connectivity index (χ3v) is 1.54. The number of hydrogen-bond acceptors (Lipinski definition) is 0. The first kappa shape index (κ1) is 6.56. The minimum absolute atomic E-state index is 0.239. The summed E-state index contributed by atoms with van der Waals surface area (Å²) in [5.74, 6) is -0.239. The summed E-state index contributed by atoms with van der Waals surface area (Å²) in [5, 5.41) is 0.608. The van der Waals surface area contributed by atoms with E-state index in [4.69, 9.17) is 11.6 Å². The molecule has 2 heteroatoms. The lowest BCUT2D eigenvalue weighted by Crippen LogP contribution is -1.76. The van der Waals surface area contributed by atoms with Gasteiger partial charge in [-0.05, 0) is 30.7 Å². The predicted molar refractivity (Wildman–Crippen MR) is 36.1 cm³/mol. The first-order valence-corrected chi connectivity index (χ1v) is 2.99. The number of rotatable bonds is 0. The molecule has 1 rings (SSSR count). The maximum atomic E-state index is 12.3. The zero-order valence-electron chi connectivity index (χ0n) is 4.99. The van der Waals surface area contributed by atoms with Crippen LogP contribution in [0.3, 0.4) is 0 Å². The van der Waals surface area contributed by atoms with E-state index in [1.54, 1.807) is 13.0 Å². The normalized spacial score (nSPS) is 9.67. The second-order valence-electron chi connectivity index (χ2n) is 1.89. The Morgan fingerprint density at radius 2 is 2.11 bits per heavy atom. The van der Waals surface area contributed by atoms with Crippen LogP contribution in [0.25, 0.3) is 0 Å². The molecule has 48 valence electrons. The lowest BCUT2D eigenvalue weighted by molar-refractivity contribution is 0.626. The van der Waals surface area contributed by atoms with Crippen LogP contribution in [0.4, 0.5) is 4.39 Å². The van der Waals surface area contributed by atoms with E-state index in [1.807, 2.05) is 0 Å². The average Bonchev–Trinajstić information content (AvgIpc) is 1.80. The summed E-state index contributed by atoms with van der Waals surface area (Å²) >= 11 is 5.61. The van der Waals surface area contributed by atoms with Gasteiger partial charge >= 0.3 is 0 Å². The fraction of sp³-hybridized carbons (Fsp3) is 0.143. The minimum atomic E-state index is -0.239. The molecular weight excluding hydrogens is 139 g/mol. The predicted octanol–water partition coefficient (Wildman–Crippen LogP) is 2.79. The number of hydrogen-bond donors (Lipinski definition) is 0. The summed E-state index contributed by atoms with van der Waals surface area (Å²) in [6.07, 6.45) is 0. The maximum absolute atomic E-state index is 12.3. The Morgan fingerprint density at radius 1 is 1.44 bits per heavy atom. The van der Waals surface area contributed by atoms with Crippen molar-refractivity contribution in [2.24, 2.45) is 0 Å². The third kappa shape index (κ3) is 1.42. The Labute approximate surface area is 58.3 Å². The summed E-state index contributed by atoms with van der Waals surface area (Å²) in [6, 6.07) is 4.30. The van der Waals surface area contributed by atoms with Crippen LogP contribution in [0.15, 0.2) is 18.2 Å². The van der Waals surface area contributed by atoms with Crippen LogP contribution in [0.2, 0.25) is 5.02 Å². The van der Waals surface area contributed by atoms with Gasteiger partial charge in [-0.25, -0.2) is 4.39 Å². The molecule has 0 nitrogen and oxygen atoms in total. The summed E-state index contributed by atoms with van der Waals surface area (Å²) < 4.78 is 12.3. The van der Waals surface area contributed by atoms with E-state index in [0.717, 1.165) is 5.56 Å². The minimum Gasteiger partial charge on any atom is -0.207 e. The van der Waals surface area contributed by atoms with E-state index >= 15 is 0 Å². The first-order valence-electron chi connectivity index (χ1n) is 2.62. The van der Waals surface area contributed by atoms with Crippen molar-refractivity contribution in [3.63, 3.8) is 0 Å². The van der Waals surface area contributed by atoms with Gasteiger partial charge in [-0.2, -0.15) is 0 Å². The number of benzene rings is 1. The van der Waals surface area contributed by atoms with Crippen LogP contribution < -0.4 is 0 Å². The number of halogens is 2. The summed E-state index contributed by atoms with van der Waals surface area (Å²) in [6.45, 7) is 1.77. The molecule has 0 heterocycles. The van der Waals surface area contributed by atoms with Crippen molar-refractivity contribution in [3.8, 4) is 0 Å². The van der Waals surface area contributed by atoms with Gasteiger partial charge in [0.1, 0.15) is 5.82 Å².